The monoisotopic (exact) mass is 153 g/mol. The highest BCUT2D eigenvalue weighted by Gasteiger charge is 2.19. The predicted molar refractivity (Wildman–Crippen MR) is 45.0 cm³/mol. The van der Waals surface area contributed by atoms with Crippen LogP contribution in [0.3, 0.4) is 0 Å². The fraction of sp³-hybridized carbons (Fsp3) is 0.778. The molecule has 0 aromatic carbocycles. The third-order valence-electron chi connectivity index (χ3n) is 2.15. The van der Waals surface area contributed by atoms with Crippen LogP contribution in [0, 0.1) is 18.3 Å². The third-order valence-corrected chi connectivity index (χ3v) is 2.15. The van der Waals surface area contributed by atoms with Gasteiger partial charge in [0.1, 0.15) is 0 Å². The first-order valence-corrected chi connectivity index (χ1v) is 4.11. The molecule has 0 saturated carbocycles. The van der Waals surface area contributed by atoms with E-state index in [-0.39, 0.29) is 6.04 Å². The molecule has 0 radical (unpaired) electrons. The fourth-order valence-corrected chi connectivity index (χ4v) is 1.41. The molecule has 1 aliphatic heterocycles. The van der Waals surface area contributed by atoms with E-state index < -0.39 is 0 Å². The van der Waals surface area contributed by atoms with Gasteiger partial charge in [0.15, 0.2) is 0 Å². The van der Waals surface area contributed by atoms with Gasteiger partial charge in [-0.1, -0.05) is 0 Å². The molecule has 1 saturated heterocycles. The van der Waals surface area contributed by atoms with Gasteiger partial charge in [-0.25, -0.2) is 0 Å². The molecule has 0 bridgehead atoms. The van der Waals surface area contributed by atoms with Crippen molar-refractivity contribution in [2.24, 2.45) is 11.7 Å². The van der Waals surface area contributed by atoms with Crippen LogP contribution in [-0.4, -0.2) is 19.3 Å². The number of nitrogens with two attached hydrogens (primary N) is 1. The van der Waals surface area contributed by atoms with Gasteiger partial charge < -0.3 is 10.5 Å². The van der Waals surface area contributed by atoms with Gasteiger partial charge in [0, 0.05) is 19.1 Å². The van der Waals surface area contributed by atoms with Crippen LogP contribution in [0.15, 0.2) is 0 Å². The number of hydrogen-bond donors (Lipinski definition) is 1. The Morgan fingerprint density at radius 1 is 1.73 bits per heavy atom. The van der Waals surface area contributed by atoms with Gasteiger partial charge in [0.25, 0.3) is 0 Å². The lowest BCUT2D eigenvalue weighted by molar-refractivity contribution is 0.0456. The molecular formula is C9H15NO. The lowest BCUT2D eigenvalue weighted by Crippen LogP contribution is -2.35. The van der Waals surface area contributed by atoms with E-state index in [2.05, 4.69) is 5.92 Å². The Morgan fingerprint density at radius 2 is 2.55 bits per heavy atom. The van der Waals surface area contributed by atoms with E-state index in [1.807, 2.05) is 0 Å². The summed E-state index contributed by atoms with van der Waals surface area (Å²) in [5, 5.41) is 0. The molecule has 2 heteroatoms. The van der Waals surface area contributed by atoms with Crippen molar-refractivity contribution in [2.45, 2.75) is 25.3 Å². The van der Waals surface area contributed by atoms with Crippen molar-refractivity contribution in [3.8, 4) is 12.3 Å². The van der Waals surface area contributed by atoms with Crippen LogP contribution in [0.1, 0.15) is 19.3 Å². The lowest BCUT2D eigenvalue weighted by Gasteiger charge is -2.26. The van der Waals surface area contributed by atoms with Crippen LogP contribution in [0.2, 0.25) is 0 Å². The Morgan fingerprint density at radius 3 is 3.09 bits per heavy atom. The average molecular weight is 153 g/mol. The molecule has 0 aliphatic carbocycles. The van der Waals surface area contributed by atoms with Crippen LogP contribution in [0.5, 0.6) is 0 Å². The highest BCUT2D eigenvalue weighted by atomic mass is 16.5. The minimum absolute atomic E-state index is 0.139. The van der Waals surface area contributed by atoms with Crippen molar-refractivity contribution in [1.82, 2.24) is 0 Å². The summed E-state index contributed by atoms with van der Waals surface area (Å²) in [7, 11) is 0. The quantitative estimate of drug-likeness (QED) is 0.594. The van der Waals surface area contributed by atoms with Crippen molar-refractivity contribution in [3.05, 3.63) is 0 Å². The molecule has 11 heavy (non-hydrogen) atoms. The van der Waals surface area contributed by atoms with Crippen LogP contribution < -0.4 is 5.73 Å². The molecule has 1 heterocycles. The first kappa shape index (κ1) is 8.58. The Kier molecular flexibility index (Phi) is 3.41. The van der Waals surface area contributed by atoms with E-state index in [1.165, 1.54) is 6.42 Å². The molecule has 2 unspecified atom stereocenters. The Labute approximate surface area is 68.1 Å². The van der Waals surface area contributed by atoms with E-state index in [9.17, 15) is 0 Å². The van der Waals surface area contributed by atoms with Gasteiger partial charge in [0.05, 0.1) is 6.61 Å². The third kappa shape index (κ3) is 2.53. The second-order valence-electron chi connectivity index (χ2n) is 3.05. The predicted octanol–water partition coefficient (Wildman–Crippen LogP) is 0.764. The molecular weight excluding hydrogens is 138 g/mol. The normalized spacial score (nSPS) is 27.5. The Bertz CT molecular complexity index is 144. The number of hydrogen-bond acceptors (Lipinski definition) is 2. The van der Waals surface area contributed by atoms with Crippen LogP contribution in [0.4, 0.5) is 0 Å². The second-order valence-corrected chi connectivity index (χ2v) is 3.05. The largest absolute Gasteiger partial charge is 0.381 e. The summed E-state index contributed by atoms with van der Waals surface area (Å²) in [6.07, 6.45) is 8.14. The molecule has 1 fully saturated rings. The molecule has 0 aromatic heterocycles. The Hall–Kier alpha value is -0.520. The van der Waals surface area contributed by atoms with Crippen LogP contribution in [-0.2, 0) is 4.74 Å². The maximum Gasteiger partial charge on any atom is 0.0509 e. The molecule has 1 rings (SSSR count). The zero-order valence-electron chi connectivity index (χ0n) is 6.75. The SMILES string of the molecule is C#CCC(N)C1CCCOC1. The van der Waals surface area contributed by atoms with Crippen LogP contribution in [0.25, 0.3) is 0 Å². The van der Waals surface area contributed by atoms with E-state index in [0.717, 1.165) is 19.6 Å². The van der Waals surface area contributed by atoms with Gasteiger partial charge >= 0.3 is 0 Å². The fourth-order valence-electron chi connectivity index (χ4n) is 1.41. The van der Waals surface area contributed by atoms with E-state index in [4.69, 9.17) is 16.9 Å². The molecule has 0 amide bonds. The van der Waals surface area contributed by atoms with Crippen molar-refractivity contribution < 1.29 is 4.74 Å². The van der Waals surface area contributed by atoms with E-state index >= 15 is 0 Å². The van der Waals surface area contributed by atoms with Crippen molar-refractivity contribution in [1.29, 1.82) is 0 Å². The van der Waals surface area contributed by atoms with Gasteiger partial charge in [-0.2, -0.15) is 0 Å². The topological polar surface area (TPSA) is 35.2 Å². The summed E-state index contributed by atoms with van der Waals surface area (Å²) in [5.74, 6) is 3.07. The average Bonchev–Trinajstić information content (AvgIpc) is 2.07. The summed E-state index contributed by atoms with van der Waals surface area (Å²) in [4.78, 5) is 0. The summed E-state index contributed by atoms with van der Waals surface area (Å²) < 4.78 is 5.30. The molecule has 2 nitrogen and oxygen atoms in total. The molecule has 0 aromatic rings. The smallest absolute Gasteiger partial charge is 0.0509 e. The van der Waals surface area contributed by atoms with Crippen molar-refractivity contribution in [2.75, 3.05) is 13.2 Å². The minimum Gasteiger partial charge on any atom is -0.381 e. The number of rotatable bonds is 2. The number of ether oxygens (including phenoxy) is 1. The molecule has 62 valence electrons. The minimum atomic E-state index is 0.139. The molecule has 2 N–H and O–H groups in total. The zero-order chi connectivity index (χ0) is 8.10. The lowest BCUT2D eigenvalue weighted by atomic mass is 9.93. The van der Waals surface area contributed by atoms with E-state index in [0.29, 0.717) is 12.3 Å². The van der Waals surface area contributed by atoms with Crippen molar-refractivity contribution >= 4 is 0 Å². The van der Waals surface area contributed by atoms with Crippen LogP contribution >= 0.6 is 0 Å². The maximum atomic E-state index is 5.84. The highest BCUT2D eigenvalue weighted by Crippen LogP contribution is 2.17. The first-order valence-electron chi connectivity index (χ1n) is 4.11. The maximum absolute atomic E-state index is 5.84. The van der Waals surface area contributed by atoms with Gasteiger partial charge in [-0.3, -0.25) is 0 Å². The summed E-state index contributed by atoms with van der Waals surface area (Å²) in [6.45, 7) is 1.68. The summed E-state index contributed by atoms with van der Waals surface area (Å²) >= 11 is 0. The van der Waals surface area contributed by atoms with Gasteiger partial charge in [-0.15, -0.1) is 12.3 Å². The van der Waals surface area contributed by atoms with Gasteiger partial charge in [-0.05, 0) is 18.8 Å². The zero-order valence-corrected chi connectivity index (χ0v) is 6.75. The van der Waals surface area contributed by atoms with E-state index in [1.54, 1.807) is 0 Å². The highest BCUT2D eigenvalue weighted by molar-refractivity contribution is 4.91. The summed E-state index contributed by atoms with van der Waals surface area (Å²) in [5.41, 5.74) is 5.84. The number of terminal acetylenes is 1. The first-order chi connectivity index (χ1) is 5.34. The molecule has 0 spiro atoms. The summed E-state index contributed by atoms with van der Waals surface area (Å²) in [6, 6.07) is 0.139. The Balaban J connectivity index is 2.27. The standard InChI is InChI=1S/C9H15NO/c1-2-4-9(10)8-5-3-6-11-7-8/h1,8-9H,3-7,10H2. The molecule has 1 aliphatic rings. The van der Waals surface area contributed by atoms with Gasteiger partial charge in [0.2, 0.25) is 0 Å². The second kappa shape index (κ2) is 4.38. The molecule has 2 atom stereocenters. The van der Waals surface area contributed by atoms with Crippen molar-refractivity contribution in [3.63, 3.8) is 0 Å².